The van der Waals surface area contributed by atoms with Crippen LogP contribution in [-0.2, 0) is 11.3 Å². The molecule has 18 heavy (non-hydrogen) atoms. The van der Waals surface area contributed by atoms with Crippen LogP contribution in [0.1, 0.15) is 37.7 Å². The molecule has 0 bridgehead atoms. The van der Waals surface area contributed by atoms with Crippen molar-refractivity contribution in [1.29, 1.82) is 0 Å². The normalized spacial score (nSPS) is 29.4. The minimum absolute atomic E-state index is 0.454. The van der Waals surface area contributed by atoms with E-state index in [0.717, 1.165) is 11.1 Å². The molecule has 2 unspecified atom stereocenters. The highest BCUT2D eigenvalue weighted by Gasteiger charge is 2.55. The molecule has 0 heterocycles. The van der Waals surface area contributed by atoms with Gasteiger partial charge in [-0.25, -0.2) is 0 Å². The zero-order chi connectivity index (χ0) is 12.6. The SMILES string of the molecule is Brc1ccc(COC2CC(Br)C23CCCC3)cc1. The lowest BCUT2D eigenvalue weighted by Crippen LogP contribution is -2.53. The summed E-state index contributed by atoms with van der Waals surface area (Å²) in [6.07, 6.45) is 7.08. The van der Waals surface area contributed by atoms with Crippen molar-refractivity contribution in [1.82, 2.24) is 0 Å². The van der Waals surface area contributed by atoms with Gasteiger partial charge in [-0.05, 0) is 37.0 Å². The summed E-state index contributed by atoms with van der Waals surface area (Å²) < 4.78 is 7.29. The van der Waals surface area contributed by atoms with Crippen molar-refractivity contribution in [2.75, 3.05) is 0 Å². The van der Waals surface area contributed by atoms with Crippen molar-refractivity contribution in [3.8, 4) is 0 Å². The van der Waals surface area contributed by atoms with Gasteiger partial charge in [0.15, 0.2) is 0 Å². The number of ether oxygens (including phenoxy) is 1. The molecular weight excluding hydrogens is 356 g/mol. The van der Waals surface area contributed by atoms with Crippen molar-refractivity contribution in [2.24, 2.45) is 5.41 Å². The van der Waals surface area contributed by atoms with Crippen molar-refractivity contribution < 1.29 is 4.74 Å². The second-order valence-corrected chi connectivity index (χ2v) is 7.59. The Labute approximate surface area is 126 Å². The number of halogens is 2. The van der Waals surface area contributed by atoms with E-state index >= 15 is 0 Å². The molecular formula is C15H18Br2O. The van der Waals surface area contributed by atoms with Crippen LogP contribution >= 0.6 is 31.9 Å². The Balaban J connectivity index is 1.59. The molecule has 0 saturated heterocycles. The van der Waals surface area contributed by atoms with Crippen molar-refractivity contribution in [2.45, 2.75) is 49.6 Å². The Morgan fingerprint density at radius 2 is 1.83 bits per heavy atom. The molecule has 2 aliphatic carbocycles. The van der Waals surface area contributed by atoms with Crippen LogP contribution in [0.3, 0.4) is 0 Å². The molecule has 0 aliphatic heterocycles. The van der Waals surface area contributed by atoms with Crippen LogP contribution in [0.25, 0.3) is 0 Å². The third-order valence-corrected chi connectivity index (χ3v) is 6.40. The van der Waals surface area contributed by atoms with E-state index in [0.29, 0.717) is 16.3 Å². The first-order valence-electron chi connectivity index (χ1n) is 6.71. The van der Waals surface area contributed by atoms with E-state index < -0.39 is 0 Å². The van der Waals surface area contributed by atoms with Crippen LogP contribution < -0.4 is 0 Å². The predicted octanol–water partition coefficient (Wildman–Crippen LogP) is 5.06. The second-order valence-electron chi connectivity index (χ2n) is 5.57. The summed E-state index contributed by atoms with van der Waals surface area (Å²) in [4.78, 5) is 0.683. The van der Waals surface area contributed by atoms with Gasteiger partial charge in [-0.1, -0.05) is 56.8 Å². The van der Waals surface area contributed by atoms with Gasteiger partial charge in [0, 0.05) is 14.7 Å². The zero-order valence-electron chi connectivity index (χ0n) is 10.4. The topological polar surface area (TPSA) is 9.23 Å². The van der Waals surface area contributed by atoms with Crippen LogP contribution in [0.4, 0.5) is 0 Å². The van der Waals surface area contributed by atoms with E-state index in [1.165, 1.54) is 37.7 Å². The van der Waals surface area contributed by atoms with Gasteiger partial charge in [0.1, 0.15) is 0 Å². The molecule has 0 aromatic heterocycles. The predicted molar refractivity (Wildman–Crippen MR) is 81.0 cm³/mol. The molecule has 1 aromatic rings. The number of hydrogen-bond donors (Lipinski definition) is 0. The minimum Gasteiger partial charge on any atom is -0.373 e. The highest BCUT2D eigenvalue weighted by molar-refractivity contribution is 9.10. The van der Waals surface area contributed by atoms with Crippen LogP contribution in [0, 0.1) is 5.41 Å². The van der Waals surface area contributed by atoms with Gasteiger partial charge in [0.2, 0.25) is 0 Å². The quantitative estimate of drug-likeness (QED) is 0.672. The molecule has 0 N–H and O–H groups in total. The first-order chi connectivity index (χ1) is 8.71. The fraction of sp³-hybridized carbons (Fsp3) is 0.600. The Bertz CT molecular complexity index is 409. The molecule has 2 saturated carbocycles. The second kappa shape index (κ2) is 5.26. The number of rotatable bonds is 3. The van der Waals surface area contributed by atoms with Crippen LogP contribution in [-0.4, -0.2) is 10.9 Å². The summed E-state index contributed by atoms with van der Waals surface area (Å²) in [5.41, 5.74) is 1.72. The monoisotopic (exact) mass is 372 g/mol. The minimum atomic E-state index is 0.454. The van der Waals surface area contributed by atoms with Gasteiger partial charge in [0.25, 0.3) is 0 Å². The fourth-order valence-corrected chi connectivity index (χ4v) is 4.74. The Morgan fingerprint density at radius 1 is 1.17 bits per heavy atom. The van der Waals surface area contributed by atoms with E-state index in [1.54, 1.807) is 0 Å². The lowest BCUT2D eigenvalue weighted by atomic mass is 9.64. The summed E-state index contributed by atoms with van der Waals surface area (Å²) in [6, 6.07) is 8.43. The summed E-state index contributed by atoms with van der Waals surface area (Å²) in [5.74, 6) is 0. The Morgan fingerprint density at radius 3 is 2.44 bits per heavy atom. The van der Waals surface area contributed by atoms with E-state index in [9.17, 15) is 0 Å². The summed E-state index contributed by atoms with van der Waals surface area (Å²) in [5, 5.41) is 0. The molecule has 2 aliphatic rings. The summed E-state index contributed by atoms with van der Waals surface area (Å²) >= 11 is 7.29. The smallest absolute Gasteiger partial charge is 0.0720 e. The third kappa shape index (κ3) is 2.30. The molecule has 0 amide bonds. The van der Waals surface area contributed by atoms with E-state index in [4.69, 9.17) is 4.74 Å². The summed E-state index contributed by atoms with van der Waals surface area (Å²) in [7, 11) is 0. The Hall–Kier alpha value is 0.140. The average molecular weight is 374 g/mol. The first kappa shape index (κ1) is 13.1. The van der Waals surface area contributed by atoms with Crippen molar-refractivity contribution in [3.63, 3.8) is 0 Å². The van der Waals surface area contributed by atoms with E-state index in [2.05, 4.69) is 56.1 Å². The van der Waals surface area contributed by atoms with Crippen LogP contribution in [0.5, 0.6) is 0 Å². The first-order valence-corrected chi connectivity index (χ1v) is 8.42. The van der Waals surface area contributed by atoms with E-state index in [-0.39, 0.29) is 0 Å². The number of alkyl halides is 1. The van der Waals surface area contributed by atoms with Crippen molar-refractivity contribution in [3.05, 3.63) is 34.3 Å². The molecule has 2 atom stereocenters. The van der Waals surface area contributed by atoms with Gasteiger partial charge in [-0.3, -0.25) is 0 Å². The lowest BCUT2D eigenvalue weighted by Gasteiger charge is -2.51. The highest BCUT2D eigenvalue weighted by Crippen LogP contribution is 2.57. The van der Waals surface area contributed by atoms with Gasteiger partial charge >= 0.3 is 0 Å². The van der Waals surface area contributed by atoms with Gasteiger partial charge in [-0.2, -0.15) is 0 Å². The Kier molecular flexibility index (Phi) is 3.84. The van der Waals surface area contributed by atoms with Gasteiger partial charge in [-0.15, -0.1) is 0 Å². The maximum atomic E-state index is 6.17. The molecule has 98 valence electrons. The maximum absolute atomic E-state index is 6.17. The molecule has 3 heteroatoms. The van der Waals surface area contributed by atoms with Crippen molar-refractivity contribution >= 4 is 31.9 Å². The van der Waals surface area contributed by atoms with Gasteiger partial charge in [0.05, 0.1) is 12.7 Å². The van der Waals surface area contributed by atoms with E-state index in [1.807, 2.05) is 0 Å². The largest absolute Gasteiger partial charge is 0.373 e. The standard InChI is InChI=1S/C15H18Br2O/c16-12-5-3-11(4-6-12)10-18-14-9-13(17)15(14)7-1-2-8-15/h3-6,13-14H,1-2,7-10H2. The van der Waals surface area contributed by atoms with Crippen LogP contribution in [0.15, 0.2) is 28.7 Å². The lowest BCUT2D eigenvalue weighted by molar-refractivity contribution is -0.108. The molecule has 2 fully saturated rings. The highest BCUT2D eigenvalue weighted by atomic mass is 79.9. The number of benzene rings is 1. The van der Waals surface area contributed by atoms with Crippen LogP contribution in [0.2, 0.25) is 0 Å². The summed E-state index contributed by atoms with van der Waals surface area (Å²) in [6.45, 7) is 0.749. The fourth-order valence-electron chi connectivity index (χ4n) is 3.38. The third-order valence-electron chi connectivity index (χ3n) is 4.58. The molecule has 1 spiro atoms. The number of hydrogen-bond acceptors (Lipinski definition) is 1. The average Bonchev–Trinajstić information content (AvgIpc) is 2.88. The molecule has 0 radical (unpaired) electrons. The maximum Gasteiger partial charge on any atom is 0.0720 e. The molecule has 1 aromatic carbocycles. The zero-order valence-corrected chi connectivity index (χ0v) is 13.5. The van der Waals surface area contributed by atoms with Gasteiger partial charge < -0.3 is 4.74 Å². The molecule has 1 nitrogen and oxygen atoms in total. The molecule has 3 rings (SSSR count).